The van der Waals surface area contributed by atoms with Crippen LogP contribution in [0.3, 0.4) is 0 Å². The van der Waals surface area contributed by atoms with E-state index in [4.69, 9.17) is 15.6 Å². The van der Waals surface area contributed by atoms with Crippen molar-refractivity contribution in [2.24, 2.45) is 17.6 Å². The van der Waals surface area contributed by atoms with Gasteiger partial charge < -0.3 is 15.6 Å². The van der Waals surface area contributed by atoms with Crippen molar-refractivity contribution < 1.29 is 29.0 Å². The van der Waals surface area contributed by atoms with Crippen molar-refractivity contribution in [1.82, 2.24) is 5.32 Å². The molecule has 0 spiro atoms. The van der Waals surface area contributed by atoms with E-state index in [9.17, 15) is 19.2 Å². The summed E-state index contributed by atoms with van der Waals surface area (Å²) >= 11 is 0. The molecule has 1 heterocycles. The van der Waals surface area contributed by atoms with Crippen molar-refractivity contribution in [2.45, 2.75) is 98.1 Å². The fourth-order valence-electron chi connectivity index (χ4n) is 4.15. The number of methoxy groups -OCH3 is 1. The molecule has 1 unspecified atom stereocenters. The molecular weight excluding hydrogens is 496 g/mol. The molecule has 8 nitrogen and oxygen atoms in total. The van der Waals surface area contributed by atoms with Gasteiger partial charge in [0.05, 0.1) is 6.10 Å². The Morgan fingerprint density at radius 3 is 2.23 bits per heavy atom. The maximum Gasteiger partial charge on any atom is 0.226 e. The van der Waals surface area contributed by atoms with E-state index in [1.165, 1.54) is 6.08 Å². The molecule has 0 radical (unpaired) electrons. The number of carbonyl (C=O) groups excluding carboxylic acids is 4. The molecule has 0 aromatic rings. The Balaban J connectivity index is 0. The molecule has 1 fully saturated rings. The van der Waals surface area contributed by atoms with Gasteiger partial charge in [-0.25, -0.2) is 0 Å². The summed E-state index contributed by atoms with van der Waals surface area (Å²) in [4.78, 5) is 48.1. The van der Waals surface area contributed by atoms with E-state index in [0.717, 1.165) is 25.5 Å². The van der Waals surface area contributed by atoms with Gasteiger partial charge in [0, 0.05) is 45.9 Å². The molecule has 222 valence electrons. The van der Waals surface area contributed by atoms with Crippen LogP contribution in [0.15, 0.2) is 48.1 Å². The molecule has 0 saturated carbocycles. The van der Waals surface area contributed by atoms with Gasteiger partial charge in [-0.3, -0.25) is 24.5 Å². The van der Waals surface area contributed by atoms with Crippen molar-refractivity contribution in [3.8, 4) is 0 Å². The van der Waals surface area contributed by atoms with Crippen LogP contribution in [-0.4, -0.2) is 54.9 Å². The number of piperidine rings is 1. The van der Waals surface area contributed by atoms with Crippen LogP contribution < -0.4 is 11.1 Å². The van der Waals surface area contributed by atoms with Crippen molar-refractivity contribution in [2.75, 3.05) is 14.2 Å². The third-order valence-corrected chi connectivity index (χ3v) is 5.98. The molecule has 1 aliphatic heterocycles. The molecule has 2 amide bonds. The van der Waals surface area contributed by atoms with Crippen LogP contribution in [0.2, 0.25) is 0 Å². The SMILES string of the molecule is CC.CC.CO.COC1/C=C/CC/C=C/C(=O)C[C@H](CC(=O)/C=C/CC2CC(=O)NC(=O)C2)/C(C)=C\[C@@H](N)C1. The molecule has 8 heteroatoms. The van der Waals surface area contributed by atoms with Crippen LogP contribution >= 0.6 is 0 Å². The Morgan fingerprint density at radius 1 is 1.05 bits per heavy atom. The second kappa shape index (κ2) is 24.4. The molecule has 3 atom stereocenters. The Bertz CT molecular complexity index is 828. The van der Waals surface area contributed by atoms with Gasteiger partial charge in [0.1, 0.15) is 0 Å². The maximum absolute atomic E-state index is 12.6. The van der Waals surface area contributed by atoms with E-state index in [1.807, 2.05) is 58.9 Å². The first-order valence-electron chi connectivity index (χ1n) is 14.1. The zero-order chi connectivity index (χ0) is 30.2. The lowest BCUT2D eigenvalue weighted by molar-refractivity contribution is -0.134. The van der Waals surface area contributed by atoms with Crippen molar-refractivity contribution in [1.29, 1.82) is 0 Å². The summed E-state index contributed by atoms with van der Waals surface area (Å²) < 4.78 is 5.50. The average Bonchev–Trinajstić information content (AvgIpc) is 2.92. The first-order chi connectivity index (χ1) is 18.8. The first-order valence-corrected chi connectivity index (χ1v) is 14.1. The summed E-state index contributed by atoms with van der Waals surface area (Å²) in [5.41, 5.74) is 7.22. The van der Waals surface area contributed by atoms with E-state index < -0.39 is 0 Å². The minimum absolute atomic E-state index is 0.0133. The molecule has 39 heavy (non-hydrogen) atoms. The molecule has 0 aromatic heterocycles. The summed E-state index contributed by atoms with van der Waals surface area (Å²) in [6.45, 7) is 9.91. The zero-order valence-corrected chi connectivity index (χ0v) is 25.1. The number of nitrogens with two attached hydrogens (primary N) is 1. The van der Waals surface area contributed by atoms with Crippen LogP contribution in [0.1, 0.15) is 86.0 Å². The first kappa shape index (κ1) is 38.5. The molecule has 1 aliphatic carbocycles. The fraction of sp³-hybridized carbons (Fsp3) is 0.613. The smallest absolute Gasteiger partial charge is 0.226 e. The maximum atomic E-state index is 12.6. The van der Waals surface area contributed by atoms with Gasteiger partial charge >= 0.3 is 0 Å². The van der Waals surface area contributed by atoms with E-state index in [-0.39, 0.29) is 73.0 Å². The standard InChI is InChI=1S/C26H36N2O5.2C2H6.CH4O/c1-18-12-21(27)17-24(33-2)11-6-4-3-5-9-22(29)15-20(18)16-23(30)10-7-8-19-13-25(31)28-26(32)14-19;3*1-2/h5-7,9-12,19-21,24H,3-4,8,13-17,27H2,1-2H3,(H,28,31,32);2*1-2H3;2H,1H3/b9-5+,10-7+,11-6+,18-12-;;;/t20-,21-,24?;;;/m1.../s1. The number of hydrogen-bond donors (Lipinski definition) is 3. The molecule has 2 rings (SSSR count). The summed E-state index contributed by atoms with van der Waals surface area (Å²) in [6, 6.07) is -0.253. The minimum Gasteiger partial charge on any atom is -0.400 e. The Labute approximate surface area is 235 Å². The van der Waals surface area contributed by atoms with E-state index in [0.29, 0.717) is 12.8 Å². The Morgan fingerprint density at radius 2 is 1.64 bits per heavy atom. The quantitative estimate of drug-likeness (QED) is 0.247. The van der Waals surface area contributed by atoms with Gasteiger partial charge in [0.25, 0.3) is 0 Å². The summed E-state index contributed by atoms with van der Waals surface area (Å²) in [5, 5.41) is 9.28. The summed E-state index contributed by atoms with van der Waals surface area (Å²) in [5.74, 6) is -0.981. The number of amides is 2. The highest BCUT2D eigenvalue weighted by molar-refractivity contribution is 5.97. The summed E-state index contributed by atoms with van der Waals surface area (Å²) in [7, 11) is 2.66. The number of imide groups is 1. The van der Waals surface area contributed by atoms with Crippen molar-refractivity contribution >= 4 is 23.4 Å². The monoisotopic (exact) mass is 548 g/mol. The highest BCUT2D eigenvalue weighted by Gasteiger charge is 2.24. The highest BCUT2D eigenvalue weighted by atomic mass is 16.5. The molecule has 1 saturated heterocycles. The number of allylic oxidation sites excluding steroid dienone is 6. The van der Waals surface area contributed by atoms with Gasteiger partial charge in [-0.1, -0.05) is 63.6 Å². The summed E-state index contributed by atoms with van der Waals surface area (Å²) in [6.07, 6.45) is 16.3. The van der Waals surface area contributed by atoms with Crippen LogP contribution in [0.5, 0.6) is 0 Å². The number of rotatable bonds is 6. The lowest BCUT2D eigenvalue weighted by Gasteiger charge is -2.20. The Kier molecular flexibility index (Phi) is 24.0. The number of ether oxygens (including phenoxy) is 1. The van der Waals surface area contributed by atoms with Gasteiger partial charge in [-0.05, 0) is 56.6 Å². The number of nitrogens with one attached hydrogen (secondary N) is 1. The number of carbonyl (C=O) groups is 4. The number of aliphatic hydroxyl groups excluding tert-OH is 1. The van der Waals surface area contributed by atoms with Crippen LogP contribution in [0.25, 0.3) is 0 Å². The van der Waals surface area contributed by atoms with Gasteiger partial charge in [0.15, 0.2) is 11.6 Å². The average molecular weight is 549 g/mol. The van der Waals surface area contributed by atoms with Gasteiger partial charge in [-0.15, -0.1) is 0 Å². The number of hydrogen-bond acceptors (Lipinski definition) is 7. The normalized spacial score (nSPS) is 25.6. The molecule has 2 aliphatic rings. The molecule has 0 bridgehead atoms. The second-order valence-corrected chi connectivity index (χ2v) is 8.91. The van der Waals surface area contributed by atoms with Crippen LogP contribution in [0.4, 0.5) is 0 Å². The largest absolute Gasteiger partial charge is 0.400 e. The lowest BCUT2D eigenvalue weighted by Crippen LogP contribution is -2.38. The van der Waals surface area contributed by atoms with E-state index >= 15 is 0 Å². The second-order valence-electron chi connectivity index (χ2n) is 8.91. The number of ketones is 2. The number of aliphatic hydroxyl groups is 1. The lowest BCUT2D eigenvalue weighted by atomic mass is 9.87. The van der Waals surface area contributed by atoms with Crippen LogP contribution in [-0.2, 0) is 23.9 Å². The molecular formula is C31H52N2O6. The third-order valence-electron chi connectivity index (χ3n) is 5.98. The van der Waals surface area contributed by atoms with E-state index in [2.05, 4.69) is 5.32 Å². The predicted octanol–water partition coefficient (Wildman–Crippen LogP) is 4.77. The van der Waals surface area contributed by atoms with Gasteiger partial charge in [-0.2, -0.15) is 0 Å². The van der Waals surface area contributed by atoms with Crippen molar-refractivity contribution in [3.05, 3.63) is 48.1 Å². The topological polar surface area (TPSA) is 136 Å². The highest BCUT2D eigenvalue weighted by Crippen LogP contribution is 2.23. The minimum atomic E-state index is -0.273. The third kappa shape index (κ3) is 18.3. The predicted molar refractivity (Wildman–Crippen MR) is 158 cm³/mol. The molecule has 4 N–H and O–H groups in total. The Hall–Kier alpha value is -2.68. The van der Waals surface area contributed by atoms with Crippen molar-refractivity contribution in [3.63, 3.8) is 0 Å². The van der Waals surface area contributed by atoms with E-state index in [1.54, 1.807) is 19.3 Å². The fourth-order valence-corrected chi connectivity index (χ4v) is 4.15. The molecule has 0 aromatic carbocycles. The zero-order valence-electron chi connectivity index (χ0n) is 25.1. The van der Waals surface area contributed by atoms with Crippen LogP contribution in [0, 0.1) is 11.8 Å². The van der Waals surface area contributed by atoms with Gasteiger partial charge in [0.2, 0.25) is 11.8 Å².